The number of sulfone groups is 1. The Bertz CT molecular complexity index is 607. The first-order chi connectivity index (χ1) is 9.07. The first kappa shape index (κ1) is 16.5. The van der Waals surface area contributed by atoms with E-state index in [0.717, 1.165) is 6.42 Å². The standard InChI is InChI=1S/C14H22N2O3S/c1-5-14(3,4)16-13(17)9-20(18,19)11-6-7-12(15)10(2)8-11/h6-8H,5,9,15H2,1-4H3,(H,16,17). The maximum Gasteiger partial charge on any atom is 0.235 e. The molecule has 20 heavy (non-hydrogen) atoms. The summed E-state index contributed by atoms with van der Waals surface area (Å²) in [6.45, 7) is 7.36. The Morgan fingerprint density at radius 1 is 1.35 bits per heavy atom. The van der Waals surface area contributed by atoms with E-state index in [1.54, 1.807) is 6.92 Å². The molecule has 0 saturated carbocycles. The summed E-state index contributed by atoms with van der Waals surface area (Å²) in [4.78, 5) is 12.0. The van der Waals surface area contributed by atoms with Crippen molar-refractivity contribution in [1.29, 1.82) is 0 Å². The van der Waals surface area contributed by atoms with Gasteiger partial charge in [0, 0.05) is 11.2 Å². The van der Waals surface area contributed by atoms with Gasteiger partial charge in [-0.25, -0.2) is 8.42 Å². The van der Waals surface area contributed by atoms with Crippen LogP contribution < -0.4 is 11.1 Å². The van der Waals surface area contributed by atoms with E-state index >= 15 is 0 Å². The lowest BCUT2D eigenvalue weighted by molar-refractivity contribution is -0.120. The highest BCUT2D eigenvalue weighted by atomic mass is 32.2. The molecule has 0 radical (unpaired) electrons. The maximum atomic E-state index is 12.2. The average molecular weight is 298 g/mol. The van der Waals surface area contributed by atoms with Gasteiger partial charge in [-0.05, 0) is 51.0 Å². The van der Waals surface area contributed by atoms with Crippen molar-refractivity contribution in [3.63, 3.8) is 0 Å². The Labute approximate surface area is 120 Å². The smallest absolute Gasteiger partial charge is 0.235 e. The minimum Gasteiger partial charge on any atom is -0.399 e. The van der Waals surface area contributed by atoms with Gasteiger partial charge >= 0.3 is 0 Å². The van der Waals surface area contributed by atoms with Crippen LogP contribution in [0.5, 0.6) is 0 Å². The highest BCUT2D eigenvalue weighted by Gasteiger charge is 2.24. The summed E-state index contributed by atoms with van der Waals surface area (Å²) < 4.78 is 24.4. The third kappa shape index (κ3) is 4.23. The molecule has 0 bridgehead atoms. The van der Waals surface area contributed by atoms with E-state index in [1.807, 2.05) is 20.8 Å². The molecule has 0 spiro atoms. The molecule has 1 rings (SSSR count). The van der Waals surface area contributed by atoms with Gasteiger partial charge in [0.2, 0.25) is 5.91 Å². The molecule has 0 aromatic heterocycles. The van der Waals surface area contributed by atoms with Crippen molar-refractivity contribution in [2.24, 2.45) is 0 Å². The monoisotopic (exact) mass is 298 g/mol. The van der Waals surface area contributed by atoms with Gasteiger partial charge in [0.1, 0.15) is 5.75 Å². The van der Waals surface area contributed by atoms with Crippen LogP contribution in [-0.4, -0.2) is 25.6 Å². The molecular formula is C14H22N2O3S. The van der Waals surface area contributed by atoms with Crippen molar-refractivity contribution in [2.75, 3.05) is 11.5 Å². The summed E-state index contributed by atoms with van der Waals surface area (Å²) in [5.74, 6) is -1.05. The van der Waals surface area contributed by atoms with Gasteiger partial charge in [-0.15, -0.1) is 0 Å². The van der Waals surface area contributed by atoms with Crippen LogP contribution >= 0.6 is 0 Å². The molecule has 1 amide bonds. The molecule has 0 saturated heterocycles. The van der Waals surface area contributed by atoms with E-state index < -0.39 is 27.0 Å². The molecule has 0 heterocycles. The fourth-order valence-electron chi connectivity index (χ4n) is 1.60. The van der Waals surface area contributed by atoms with Crippen molar-refractivity contribution in [2.45, 2.75) is 44.6 Å². The van der Waals surface area contributed by atoms with Crippen LogP contribution in [0.4, 0.5) is 5.69 Å². The quantitative estimate of drug-likeness (QED) is 0.809. The minimum absolute atomic E-state index is 0.119. The van der Waals surface area contributed by atoms with E-state index in [2.05, 4.69) is 5.32 Å². The second kappa shape index (κ2) is 5.83. The summed E-state index contributed by atoms with van der Waals surface area (Å²) in [7, 11) is -3.65. The number of hydrogen-bond acceptors (Lipinski definition) is 4. The molecular weight excluding hydrogens is 276 g/mol. The minimum atomic E-state index is -3.65. The predicted molar refractivity (Wildman–Crippen MR) is 80.2 cm³/mol. The van der Waals surface area contributed by atoms with Gasteiger partial charge in [-0.3, -0.25) is 4.79 Å². The number of amides is 1. The second-order valence-corrected chi connectivity index (χ2v) is 7.55. The third-order valence-corrected chi connectivity index (χ3v) is 4.90. The second-order valence-electron chi connectivity index (χ2n) is 5.56. The van der Waals surface area contributed by atoms with E-state index in [4.69, 9.17) is 5.73 Å². The molecule has 0 atom stereocenters. The van der Waals surface area contributed by atoms with Crippen LogP contribution in [0.25, 0.3) is 0 Å². The van der Waals surface area contributed by atoms with Gasteiger partial charge in [-0.1, -0.05) is 6.92 Å². The van der Waals surface area contributed by atoms with Crippen LogP contribution in [0.3, 0.4) is 0 Å². The van der Waals surface area contributed by atoms with Crippen molar-refractivity contribution in [3.05, 3.63) is 23.8 Å². The van der Waals surface area contributed by atoms with Crippen molar-refractivity contribution >= 4 is 21.4 Å². The molecule has 3 N–H and O–H groups in total. The summed E-state index contributed by atoms with van der Waals surface area (Å²) in [5.41, 5.74) is 6.46. The predicted octanol–water partition coefficient (Wildman–Crippen LogP) is 1.66. The summed E-state index contributed by atoms with van der Waals surface area (Å²) in [5, 5.41) is 2.72. The molecule has 0 aliphatic rings. The van der Waals surface area contributed by atoms with Crippen LogP contribution in [0.15, 0.2) is 23.1 Å². The van der Waals surface area contributed by atoms with Crippen LogP contribution in [-0.2, 0) is 14.6 Å². The maximum absolute atomic E-state index is 12.2. The largest absolute Gasteiger partial charge is 0.399 e. The van der Waals surface area contributed by atoms with E-state index in [-0.39, 0.29) is 4.90 Å². The Morgan fingerprint density at radius 3 is 2.45 bits per heavy atom. The highest BCUT2D eigenvalue weighted by molar-refractivity contribution is 7.92. The SMILES string of the molecule is CCC(C)(C)NC(=O)CS(=O)(=O)c1ccc(N)c(C)c1. The molecule has 6 heteroatoms. The number of nitrogens with two attached hydrogens (primary N) is 1. The lowest BCUT2D eigenvalue weighted by atomic mass is 10.0. The van der Waals surface area contributed by atoms with E-state index in [1.165, 1.54) is 18.2 Å². The number of carbonyl (C=O) groups excluding carboxylic acids is 1. The lowest BCUT2D eigenvalue weighted by Crippen LogP contribution is -2.45. The zero-order valence-electron chi connectivity index (χ0n) is 12.4. The number of aryl methyl sites for hydroxylation is 1. The number of carbonyl (C=O) groups is 1. The van der Waals surface area contributed by atoms with E-state index in [9.17, 15) is 13.2 Å². The van der Waals surface area contributed by atoms with Gasteiger partial charge in [-0.2, -0.15) is 0 Å². The lowest BCUT2D eigenvalue weighted by Gasteiger charge is -2.24. The zero-order valence-corrected chi connectivity index (χ0v) is 13.2. The van der Waals surface area contributed by atoms with Crippen molar-refractivity contribution in [3.8, 4) is 0 Å². The average Bonchev–Trinajstić information content (AvgIpc) is 2.31. The number of hydrogen-bond donors (Lipinski definition) is 2. The molecule has 1 aromatic rings. The number of rotatable bonds is 5. The van der Waals surface area contributed by atoms with Gasteiger partial charge in [0.05, 0.1) is 4.90 Å². The Morgan fingerprint density at radius 2 is 1.95 bits per heavy atom. The first-order valence-corrected chi connectivity index (χ1v) is 8.12. The Kier molecular flexibility index (Phi) is 4.81. The fourth-order valence-corrected chi connectivity index (χ4v) is 2.82. The number of nitrogens with one attached hydrogen (secondary N) is 1. The Hall–Kier alpha value is -1.56. The van der Waals surface area contributed by atoms with Crippen LogP contribution in [0.2, 0.25) is 0 Å². The molecule has 1 aromatic carbocycles. The van der Waals surface area contributed by atoms with Crippen LogP contribution in [0.1, 0.15) is 32.8 Å². The highest BCUT2D eigenvalue weighted by Crippen LogP contribution is 2.18. The van der Waals surface area contributed by atoms with Gasteiger partial charge in [0.15, 0.2) is 9.84 Å². The molecule has 0 fully saturated rings. The zero-order chi connectivity index (χ0) is 15.6. The van der Waals surface area contributed by atoms with Crippen LogP contribution in [0, 0.1) is 6.92 Å². The molecule has 0 unspecified atom stereocenters. The normalized spacial score (nSPS) is 12.2. The molecule has 112 valence electrons. The summed E-state index contributed by atoms with van der Waals surface area (Å²) >= 11 is 0. The number of benzene rings is 1. The molecule has 0 aliphatic heterocycles. The Balaban J connectivity index is 2.90. The molecule has 0 aliphatic carbocycles. The first-order valence-electron chi connectivity index (χ1n) is 6.47. The van der Waals surface area contributed by atoms with E-state index in [0.29, 0.717) is 11.3 Å². The van der Waals surface area contributed by atoms with Gasteiger partial charge < -0.3 is 11.1 Å². The topological polar surface area (TPSA) is 89.3 Å². The van der Waals surface area contributed by atoms with Crippen molar-refractivity contribution in [1.82, 2.24) is 5.32 Å². The van der Waals surface area contributed by atoms with Crippen molar-refractivity contribution < 1.29 is 13.2 Å². The third-order valence-electron chi connectivity index (χ3n) is 3.28. The fraction of sp³-hybridized carbons (Fsp3) is 0.500. The summed E-state index contributed by atoms with van der Waals surface area (Å²) in [6.07, 6.45) is 0.722. The number of nitrogen functional groups attached to an aromatic ring is 1. The number of anilines is 1. The van der Waals surface area contributed by atoms with Gasteiger partial charge in [0.25, 0.3) is 0 Å². The molecule has 5 nitrogen and oxygen atoms in total. The summed E-state index contributed by atoms with van der Waals surface area (Å²) in [6, 6.07) is 4.45.